The molecule has 2 aromatic carbocycles. The van der Waals surface area contributed by atoms with Gasteiger partial charge in [-0.15, -0.1) is 0 Å². The number of hydrogen-bond acceptors (Lipinski definition) is 6. The molecule has 2 amide bonds. The van der Waals surface area contributed by atoms with Crippen LogP contribution in [0.5, 0.6) is 0 Å². The van der Waals surface area contributed by atoms with Gasteiger partial charge in [0.05, 0.1) is 27.8 Å². The Morgan fingerprint density at radius 1 is 1.05 bits per heavy atom. The topological polar surface area (TPSA) is 99.5 Å². The molecule has 226 valence electrons. The lowest BCUT2D eigenvalue weighted by molar-refractivity contribution is -0.105. The SMILES string of the molecule is CO[C@@H]1CN(C(=O)c2ccccc2F)C[C@@H](CC(C)C)N(C(=O)c2c(Cl)cccc2Cl)CCCCOC[C@@H](O)[C@H]1O. The summed E-state index contributed by atoms with van der Waals surface area (Å²) in [7, 11) is 1.36. The van der Waals surface area contributed by atoms with Gasteiger partial charge in [-0.2, -0.15) is 0 Å². The molecule has 0 aliphatic carbocycles. The van der Waals surface area contributed by atoms with Gasteiger partial charge in [-0.05, 0) is 49.4 Å². The van der Waals surface area contributed by atoms with Crippen molar-refractivity contribution in [3.05, 3.63) is 69.5 Å². The molecule has 3 rings (SSSR count). The fourth-order valence-electron chi connectivity index (χ4n) is 5.02. The van der Waals surface area contributed by atoms with Crippen molar-refractivity contribution >= 4 is 35.0 Å². The number of aliphatic hydroxyl groups excluding tert-OH is 2. The molecule has 1 aliphatic heterocycles. The van der Waals surface area contributed by atoms with Crippen LogP contribution in [-0.4, -0.2) is 96.1 Å². The Morgan fingerprint density at radius 2 is 1.73 bits per heavy atom. The van der Waals surface area contributed by atoms with Crippen molar-refractivity contribution in [2.24, 2.45) is 5.92 Å². The molecule has 0 bridgehead atoms. The highest BCUT2D eigenvalue weighted by Crippen LogP contribution is 2.28. The lowest BCUT2D eigenvalue weighted by atomic mass is 9.99. The van der Waals surface area contributed by atoms with E-state index in [1.165, 1.54) is 30.2 Å². The van der Waals surface area contributed by atoms with Gasteiger partial charge in [0.25, 0.3) is 11.8 Å². The standard InChI is InChI=1S/C30H39Cl2FN2O6/c1-19(2)15-20-16-34(29(38)21-9-4-5-12-24(21)33)17-26(40-3)28(37)25(36)18-41-14-7-6-13-35(20)30(39)27-22(31)10-8-11-23(27)32/h4-5,8-12,19-20,25-26,28,36-37H,6-7,13-18H2,1-3H3/t20-,25-,26-,28-/m1/s1. The Labute approximate surface area is 250 Å². The number of hydrogen-bond donors (Lipinski definition) is 2. The number of carbonyl (C=O) groups excluding carboxylic acids is 2. The predicted molar refractivity (Wildman–Crippen MR) is 156 cm³/mol. The van der Waals surface area contributed by atoms with Crippen LogP contribution in [0.3, 0.4) is 0 Å². The maximum Gasteiger partial charge on any atom is 0.257 e. The maximum absolute atomic E-state index is 14.8. The summed E-state index contributed by atoms with van der Waals surface area (Å²) in [5.74, 6) is -1.59. The number of benzene rings is 2. The van der Waals surface area contributed by atoms with Crippen LogP contribution in [0.25, 0.3) is 0 Å². The van der Waals surface area contributed by atoms with Gasteiger partial charge in [-0.25, -0.2) is 4.39 Å². The zero-order valence-electron chi connectivity index (χ0n) is 23.6. The molecule has 0 unspecified atom stereocenters. The van der Waals surface area contributed by atoms with Gasteiger partial charge in [-0.1, -0.05) is 55.2 Å². The Balaban J connectivity index is 2.10. The maximum atomic E-state index is 14.8. The summed E-state index contributed by atoms with van der Waals surface area (Å²) in [6, 6.07) is 9.96. The number of amides is 2. The van der Waals surface area contributed by atoms with E-state index < -0.39 is 36.1 Å². The average Bonchev–Trinajstić information content (AvgIpc) is 2.93. The fourth-order valence-corrected chi connectivity index (χ4v) is 5.57. The highest BCUT2D eigenvalue weighted by molar-refractivity contribution is 6.39. The van der Waals surface area contributed by atoms with Gasteiger partial charge < -0.3 is 29.5 Å². The molecule has 41 heavy (non-hydrogen) atoms. The molecule has 0 spiro atoms. The van der Waals surface area contributed by atoms with Crippen LogP contribution in [0.2, 0.25) is 10.0 Å². The summed E-state index contributed by atoms with van der Waals surface area (Å²) in [4.78, 5) is 30.9. The molecule has 1 aliphatic rings. The number of ether oxygens (including phenoxy) is 2. The fraction of sp³-hybridized carbons (Fsp3) is 0.533. The lowest BCUT2D eigenvalue weighted by Gasteiger charge is -2.39. The van der Waals surface area contributed by atoms with Gasteiger partial charge in [0.15, 0.2) is 0 Å². The molecule has 4 atom stereocenters. The predicted octanol–water partition coefficient (Wildman–Crippen LogP) is 4.68. The van der Waals surface area contributed by atoms with Crippen LogP contribution in [0.1, 0.15) is 53.8 Å². The highest BCUT2D eigenvalue weighted by Gasteiger charge is 2.35. The number of nitrogens with zero attached hydrogens (tertiary/aromatic N) is 2. The molecule has 1 saturated heterocycles. The van der Waals surface area contributed by atoms with E-state index in [1.807, 2.05) is 13.8 Å². The number of carbonyl (C=O) groups is 2. The smallest absolute Gasteiger partial charge is 0.257 e. The third-order valence-electron chi connectivity index (χ3n) is 7.15. The molecule has 0 saturated carbocycles. The minimum Gasteiger partial charge on any atom is -0.388 e. The van der Waals surface area contributed by atoms with E-state index in [9.17, 15) is 24.2 Å². The molecule has 2 aromatic rings. The summed E-state index contributed by atoms with van der Waals surface area (Å²) in [6.45, 7) is 4.33. The van der Waals surface area contributed by atoms with Crippen molar-refractivity contribution in [3.63, 3.8) is 0 Å². The third-order valence-corrected chi connectivity index (χ3v) is 7.78. The van der Waals surface area contributed by atoms with E-state index in [2.05, 4.69) is 0 Å². The van der Waals surface area contributed by atoms with E-state index in [1.54, 1.807) is 29.2 Å². The summed E-state index contributed by atoms with van der Waals surface area (Å²) in [5.41, 5.74) is 0.0133. The third kappa shape index (κ3) is 8.86. The summed E-state index contributed by atoms with van der Waals surface area (Å²) >= 11 is 12.9. The first-order valence-electron chi connectivity index (χ1n) is 13.8. The summed E-state index contributed by atoms with van der Waals surface area (Å²) < 4.78 is 25.9. The Bertz CT molecular complexity index is 1150. The highest BCUT2D eigenvalue weighted by atomic mass is 35.5. The van der Waals surface area contributed by atoms with E-state index >= 15 is 0 Å². The average molecular weight is 614 g/mol. The van der Waals surface area contributed by atoms with Crippen LogP contribution in [0.4, 0.5) is 4.39 Å². The van der Waals surface area contributed by atoms with Gasteiger partial charge in [0, 0.05) is 39.4 Å². The molecule has 0 radical (unpaired) electrons. The van der Waals surface area contributed by atoms with Gasteiger partial charge in [0.2, 0.25) is 0 Å². The molecule has 11 heteroatoms. The minimum absolute atomic E-state index is 0.0122. The van der Waals surface area contributed by atoms with Crippen molar-refractivity contribution in [2.45, 2.75) is 57.5 Å². The second-order valence-electron chi connectivity index (χ2n) is 10.7. The lowest BCUT2D eigenvalue weighted by Crippen LogP contribution is -2.54. The van der Waals surface area contributed by atoms with E-state index in [-0.39, 0.29) is 52.7 Å². The van der Waals surface area contributed by atoms with Gasteiger partial charge in [-0.3, -0.25) is 9.59 Å². The second-order valence-corrected chi connectivity index (χ2v) is 11.5. The minimum atomic E-state index is -1.39. The number of halogens is 3. The van der Waals surface area contributed by atoms with E-state index in [0.29, 0.717) is 32.4 Å². The van der Waals surface area contributed by atoms with Gasteiger partial charge >= 0.3 is 0 Å². The molecular formula is C30H39Cl2FN2O6. The molecule has 1 heterocycles. The Hall–Kier alpha value is -2.27. The first-order valence-corrected chi connectivity index (χ1v) is 14.6. The normalized spacial score (nSPS) is 23.3. The van der Waals surface area contributed by atoms with E-state index in [4.69, 9.17) is 32.7 Å². The molecule has 1 fully saturated rings. The summed E-state index contributed by atoms with van der Waals surface area (Å²) in [6.07, 6.45) is -2.03. The first-order chi connectivity index (χ1) is 19.5. The number of methoxy groups -OCH3 is 1. The van der Waals surface area contributed by atoms with Crippen molar-refractivity contribution in [1.29, 1.82) is 0 Å². The quantitative estimate of drug-likeness (QED) is 0.509. The first kappa shape index (κ1) is 33.2. The Kier molecular flexibility index (Phi) is 12.8. The van der Waals surface area contributed by atoms with Crippen LogP contribution >= 0.6 is 23.2 Å². The zero-order valence-corrected chi connectivity index (χ0v) is 25.2. The van der Waals surface area contributed by atoms with Crippen LogP contribution < -0.4 is 0 Å². The van der Waals surface area contributed by atoms with Crippen LogP contribution in [-0.2, 0) is 9.47 Å². The number of aliphatic hydroxyl groups is 2. The monoisotopic (exact) mass is 612 g/mol. The Morgan fingerprint density at radius 3 is 2.37 bits per heavy atom. The summed E-state index contributed by atoms with van der Waals surface area (Å²) in [5, 5.41) is 21.8. The van der Waals surface area contributed by atoms with Gasteiger partial charge in [0.1, 0.15) is 24.1 Å². The molecular weight excluding hydrogens is 574 g/mol. The van der Waals surface area contributed by atoms with Crippen molar-refractivity contribution in [2.75, 3.05) is 40.0 Å². The van der Waals surface area contributed by atoms with Crippen LogP contribution in [0.15, 0.2) is 42.5 Å². The van der Waals surface area contributed by atoms with Crippen molar-refractivity contribution in [1.82, 2.24) is 9.80 Å². The van der Waals surface area contributed by atoms with E-state index in [0.717, 1.165) is 0 Å². The molecule has 8 nitrogen and oxygen atoms in total. The number of rotatable bonds is 5. The second kappa shape index (κ2) is 15.8. The largest absolute Gasteiger partial charge is 0.388 e. The van der Waals surface area contributed by atoms with Crippen LogP contribution in [0, 0.1) is 11.7 Å². The van der Waals surface area contributed by atoms with Crippen molar-refractivity contribution < 1.29 is 33.7 Å². The zero-order chi connectivity index (χ0) is 30.1. The molecule has 0 aromatic heterocycles. The molecule has 2 N–H and O–H groups in total. The van der Waals surface area contributed by atoms with Crippen molar-refractivity contribution in [3.8, 4) is 0 Å².